The van der Waals surface area contributed by atoms with Gasteiger partial charge in [-0.2, -0.15) is 0 Å². The highest BCUT2D eigenvalue weighted by Gasteiger charge is 2.42. The summed E-state index contributed by atoms with van der Waals surface area (Å²) in [7, 11) is 0. The van der Waals surface area contributed by atoms with E-state index < -0.39 is 11.4 Å². The summed E-state index contributed by atoms with van der Waals surface area (Å²) in [4.78, 5) is 11.7. The highest BCUT2D eigenvalue weighted by atomic mass is 16.4. The number of carboxylic acid groups (broad SMARTS) is 1. The van der Waals surface area contributed by atoms with Gasteiger partial charge in [0.15, 0.2) is 5.82 Å². The third-order valence-electron chi connectivity index (χ3n) is 5.27. The number of nitrogens with zero attached hydrogens (tertiary/aromatic N) is 4. The molecular weight excluding hydrogens is 268 g/mol. The van der Waals surface area contributed by atoms with Crippen LogP contribution in [0.1, 0.15) is 63.6 Å². The van der Waals surface area contributed by atoms with Crippen LogP contribution in [0.15, 0.2) is 0 Å². The Hall–Kier alpha value is -1.46. The minimum atomic E-state index is -0.695. The third-order valence-corrected chi connectivity index (χ3v) is 5.27. The lowest BCUT2D eigenvalue weighted by atomic mass is 9.85. The molecule has 0 atom stereocenters. The fourth-order valence-electron chi connectivity index (χ4n) is 3.92. The predicted octanol–water partition coefficient (Wildman–Crippen LogP) is 2.44. The van der Waals surface area contributed by atoms with E-state index in [0.29, 0.717) is 12.5 Å². The number of hydrogen-bond donors (Lipinski definition) is 1. The summed E-state index contributed by atoms with van der Waals surface area (Å²) < 4.78 is 1.76. The summed E-state index contributed by atoms with van der Waals surface area (Å²) >= 11 is 0. The Morgan fingerprint density at radius 2 is 1.90 bits per heavy atom. The van der Waals surface area contributed by atoms with Crippen LogP contribution >= 0.6 is 0 Å². The monoisotopic (exact) mass is 292 g/mol. The number of aromatic nitrogens is 4. The zero-order valence-corrected chi connectivity index (χ0v) is 12.5. The molecule has 0 aromatic carbocycles. The molecule has 116 valence electrons. The first-order valence-electron chi connectivity index (χ1n) is 8.18. The Morgan fingerprint density at radius 1 is 1.19 bits per heavy atom. The zero-order valence-electron chi connectivity index (χ0n) is 12.5. The number of carboxylic acids is 1. The SMILES string of the molecule is O=C(O)C1(Cn2nnnc2CC2CCCCC2)CCCC1. The number of rotatable bonds is 5. The lowest BCUT2D eigenvalue weighted by Crippen LogP contribution is -2.34. The Balaban J connectivity index is 1.71. The highest BCUT2D eigenvalue weighted by Crippen LogP contribution is 2.40. The van der Waals surface area contributed by atoms with E-state index in [4.69, 9.17) is 0 Å². The van der Waals surface area contributed by atoms with Crippen molar-refractivity contribution >= 4 is 5.97 Å². The standard InChI is InChI=1S/C15H24N4O2/c20-14(21)15(8-4-5-9-15)11-19-13(16-17-18-19)10-12-6-2-1-3-7-12/h12H,1-11H2,(H,20,21). The molecule has 0 radical (unpaired) electrons. The van der Waals surface area contributed by atoms with Gasteiger partial charge in [0, 0.05) is 6.42 Å². The molecule has 1 N–H and O–H groups in total. The molecule has 0 aliphatic heterocycles. The van der Waals surface area contributed by atoms with Crippen molar-refractivity contribution < 1.29 is 9.90 Å². The molecule has 6 heteroatoms. The van der Waals surface area contributed by atoms with Gasteiger partial charge in [0.1, 0.15) is 0 Å². The van der Waals surface area contributed by atoms with Crippen LogP contribution in [0.5, 0.6) is 0 Å². The normalized spacial score (nSPS) is 22.5. The first-order valence-corrected chi connectivity index (χ1v) is 8.18. The van der Waals surface area contributed by atoms with E-state index in [-0.39, 0.29) is 0 Å². The van der Waals surface area contributed by atoms with Gasteiger partial charge in [-0.15, -0.1) is 5.10 Å². The predicted molar refractivity (Wildman–Crippen MR) is 76.6 cm³/mol. The molecule has 21 heavy (non-hydrogen) atoms. The van der Waals surface area contributed by atoms with E-state index in [1.165, 1.54) is 32.1 Å². The molecule has 0 bridgehead atoms. The lowest BCUT2D eigenvalue weighted by Gasteiger charge is -2.25. The second-order valence-corrected chi connectivity index (χ2v) is 6.75. The summed E-state index contributed by atoms with van der Waals surface area (Å²) in [6, 6.07) is 0. The maximum absolute atomic E-state index is 11.7. The van der Waals surface area contributed by atoms with Gasteiger partial charge in [-0.3, -0.25) is 4.79 Å². The van der Waals surface area contributed by atoms with Crippen molar-refractivity contribution in [3.63, 3.8) is 0 Å². The van der Waals surface area contributed by atoms with Crippen molar-refractivity contribution in [2.24, 2.45) is 11.3 Å². The topological polar surface area (TPSA) is 80.9 Å². The van der Waals surface area contributed by atoms with E-state index in [1.807, 2.05) is 0 Å². The summed E-state index contributed by atoms with van der Waals surface area (Å²) in [6.07, 6.45) is 10.8. The maximum Gasteiger partial charge on any atom is 0.311 e. The summed E-state index contributed by atoms with van der Waals surface area (Å²) in [5.41, 5.74) is -0.656. The Labute approximate surface area is 124 Å². The molecule has 0 amide bonds. The Bertz CT molecular complexity index is 488. The number of aliphatic carboxylic acids is 1. The fraction of sp³-hybridized carbons (Fsp3) is 0.867. The maximum atomic E-state index is 11.7. The highest BCUT2D eigenvalue weighted by molar-refractivity contribution is 5.74. The molecule has 2 aliphatic carbocycles. The average Bonchev–Trinajstić information content (AvgIpc) is 3.12. The molecule has 2 aliphatic rings. The van der Waals surface area contributed by atoms with E-state index in [2.05, 4.69) is 15.5 Å². The molecule has 2 saturated carbocycles. The number of carbonyl (C=O) groups is 1. The minimum Gasteiger partial charge on any atom is -0.481 e. The molecule has 0 saturated heterocycles. The van der Waals surface area contributed by atoms with Crippen LogP contribution in [0.4, 0.5) is 0 Å². The summed E-state index contributed by atoms with van der Waals surface area (Å²) in [5, 5.41) is 21.6. The van der Waals surface area contributed by atoms with Crippen molar-refractivity contribution in [2.45, 2.75) is 70.8 Å². The van der Waals surface area contributed by atoms with Crippen LogP contribution in [-0.4, -0.2) is 31.3 Å². The van der Waals surface area contributed by atoms with E-state index in [9.17, 15) is 9.90 Å². The average molecular weight is 292 g/mol. The second-order valence-electron chi connectivity index (χ2n) is 6.75. The number of hydrogen-bond acceptors (Lipinski definition) is 4. The molecule has 2 fully saturated rings. The molecule has 3 rings (SSSR count). The minimum absolute atomic E-state index is 0.428. The van der Waals surface area contributed by atoms with Crippen LogP contribution in [0.25, 0.3) is 0 Å². The van der Waals surface area contributed by atoms with Gasteiger partial charge < -0.3 is 5.11 Å². The molecular formula is C15H24N4O2. The summed E-state index contributed by atoms with van der Waals surface area (Å²) in [5.74, 6) is 0.835. The van der Waals surface area contributed by atoms with Crippen LogP contribution in [0.2, 0.25) is 0 Å². The zero-order chi connectivity index (χ0) is 14.7. The van der Waals surface area contributed by atoms with Crippen LogP contribution in [-0.2, 0) is 17.8 Å². The van der Waals surface area contributed by atoms with Gasteiger partial charge in [0.05, 0.1) is 12.0 Å². The molecule has 1 heterocycles. The molecule has 0 spiro atoms. The van der Waals surface area contributed by atoms with Crippen LogP contribution in [0, 0.1) is 11.3 Å². The van der Waals surface area contributed by atoms with Crippen molar-refractivity contribution in [1.82, 2.24) is 20.2 Å². The first-order chi connectivity index (χ1) is 10.2. The summed E-state index contributed by atoms with van der Waals surface area (Å²) in [6.45, 7) is 0.428. The van der Waals surface area contributed by atoms with Gasteiger partial charge in [-0.05, 0) is 29.2 Å². The van der Waals surface area contributed by atoms with Crippen LogP contribution < -0.4 is 0 Å². The fourth-order valence-corrected chi connectivity index (χ4v) is 3.92. The smallest absolute Gasteiger partial charge is 0.311 e. The lowest BCUT2D eigenvalue weighted by molar-refractivity contribution is -0.149. The van der Waals surface area contributed by atoms with Gasteiger partial charge >= 0.3 is 5.97 Å². The Morgan fingerprint density at radius 3 is 2.57 bits per heavy atom. The van der Waals surface area contributed by atoms with Crippen molar-refractivity contribution in [3.05, 3.63) is 5.82 Å². The molecule has 6 nitrogen and oxygen atoms in total. The van der Waals surface area contributed by atoms with E-state index in [0.717, 1.165) is 37.9 Å². The molecule has 0 unspecified atom stereocenters. The van der Waals surface area contributed by atoms with E-state index in [1.54, 1.807) is 4.68 Å². The number of tetrazole rings is 1. The van der Waals surface area contributed by atoms with E-state index >= 15 is 0 Å². The third kappa shape index (κ3) is 3.09. The van der Waals surface area contributed by atoms with Crippen molar-refractivity contribution in [2.75, 3.05) is 0 Å². The largest absolute Gasteiger partial charge is 0.481 e. The molecule has 1 aromatic heterocycles. The van der Waals surface area contributed by atoms with Crippen molar-refractivity contribution in [1.29, 1.82) is 0 Å². The Kier molecular flexibility index (Phi) is 4.22. The first kappa shape index (κ1) is 14.5. The van der Waals surface area contributed by atoms with Crippen LogP contribution in [0.3, 0.4) is 0 Å². The van der Waals surface area contributed by atoms with Gasteiger partial charge in [0.2, 0.25) is 0 Å². The van der Waals surface area contributed by atoms with Crippen molar-refractivity contribution in [3.8, 4) is 0 Å². The van der Waals surface area contributed by atoms with Gasteiger partial charge in [-0.25, -0.2) is 4.68 Å². The quantitative estimate of drug-likeness (QED) is 0.901. The second kappa shape index (κ2) is 6.12. The van der Waals surface area contributed by atoms with Gasteiger partial charge in [-0.1, -0.05) is 44.9 Å². The van der Waals surface area contributed by atoms with Gasteiger partial charge in [0.25, 0.3) is 0 Å². The molecule has 1 aromatic rings.